The standard InChI is InChI=1S/C15H17N3S/c1-11-6-8-12(9-7-11)10-16-18-15-17-13-4-2-3-5-14(13)19-15/h6-10H,2-5H2,1H3,(H,17,18)/b16-10+. The van der Waals surface area contributed by atoms with E-state index in [0.717, 1.165) is 17.1 Å². The molecule has 1 aromatic carbocycles. The molecule has 0 unspecified atom stereocenters. The first-order valence-electron chi connectivity index (χ1n) is 6.65. The van der Waals surface area contributed by atoms with E-state index in [9.17, 15) is 0 Å². The molecule has 3 nitrogen and oxygen atoms in total. The summed E-state index contributed by atoms with van der Waals surface area (Å²) in [6.45, 7) is 2.08. The predicted molar refractivity (Wildman–Crippen MR) is 81.2 cm³/mol. The van der Waals surface area contributed by atoms with Gasteiger partial charge in [-0.15, -0.1) is 11.3 Å². The van der Waals surface area contributed by atoms with Gasteiger partial charge in [-0.25, -0.2) is 4.98 Å². The van der Waals surface area contributed by atoms with Gasteiger partial charge in [0.05, 0.1) is 11.9 Å². The lowest BCUT2D eigenvalue weighted by molar-refractivity contribution is 0.682. The van der Waals surface area contributed by atoms with E-state index < -0.39 is 0 Å². The molecule has 1 N–H and O–H groups in total. The molecular formula is C15H17N3S. The van der Waals surface area contributed by atoms with Crippen molar-refractivity contribution in [2.45, 2.75) is 32.6 Å². The zero-order valence-electron chi connectivity index (χ0n) is 11.0. The minimum atomic E-state index is 0.912. The predicted octanol–water partition coefficient (Wildman–Crippen LogP) is 3.78. The molecule has 1 aromatic heterocycles. The Morgan fingerprint density at radius 2 is 2.00 bits per heavy atom. The van der Waals surface area contributed by atoms with Crippen LogP contribution in [0.2, 0.25) is 0 Å². The molecule has 3 rings (SSSR count). The molecule has 0 aliphatic heterocycles. The van der Waals surface area contributed by atoms with Crippen LogP contribution >= 0.6 is 11.3 Å². The summed E-state index contributed by atoms with van der Waals surface area (Å²) in [5.74, 6) is 0. The summed E-state index contributed by atoms with van der Waals surface area (Å²) in [5.41, 5.74) is 6.67. The molecule has 0 fully saturated rings. The summed E-state index contributed by atoms with van der Waals surface area (Å²) < 4.78 is 0. The molecule has 1 aliphatic rings. The van der Waals surface area contributed by atoms with Gasteiger partial charge in [-0.2, -0.15) is 5.10 Å². The van der Waals surface area contributed by atoms with Gasteiger partial charge < -0.3 is 0 Å². The van der Waals surface area contributed by atoms with Crippen LogP contribution in [0.1, 0.15) is 34.5 Å². The quantitative estimate of drug-likeness (QED) is 0.681. The fourth-order valence-corrected chi connectivity index (χ4v) is 3.21. The Labute approximate surface area is 117 Å². The number of rotatable bonds is 3. The molecule has 0 saturated carbocycles. The smallest absolute Gasteiger partial charge is 0.203 e. The molecule has 0 atom stereocenters. The normalized spacial score (nSPS) is 14.6. The molecule has 0 bridgehead atoms. The van der Waals surface area contributed by atoms with Crippen molar-refractivity contribution in [2.24, 2.45) is 5.10 Å². The fraction of sp³-hybridized carbons (Fsp3) is 0.333. The number of aromatic nitrogens is 1. The molecule has 4 heteroatoms. The van der Waals surface area contributed by atoms with E-state index in [2.05, 4.69) is 46.7 Å². The summed E-state index contributed by atoms with van der Waals surface area (Å²) >= 11 is 1.74. The third-order valence-corrected chi connectivity index (χ3v) is 4.36. The van der Waals surface area contributed by atoms with Crippen LogP contribution in [0, 0.1) is 6.92 Å². The molecule has 0 amide bonds. The van der Waals surface area contributed by atoms with Crippen molar-refractivity contribution in [1.82, 2.24) is 4.98 Å². The lowest BCUT2D eigenvalue weighted by Crippen LogP contribution is -1.99. The van der Waals surface area contributed by atoms with Crippen molar-refractivity contribution < 1.29 is 0 Å². The average Bonchev–Trinajstić information content (AvgIpc) is 2.83. The number of anilines is 1. The Morgan fingerprint density at radius 1 is 1.21 bits per heavy atom. The second kappa shape index (κ2) is 5.53. The van der Waals surface area contributed by atoms with Gasteiger partial charge in [0, 0.05) is 4.88 Å². The first-order chi connectivity index (χ1) is 9.31. The topological polar surface area (TPSA) is 37.3 Å². The van der Waals surface area contributed by atoms with Gasteiger partial charge in [0.15, 0.2) is 0 Å². The van der Waals surface area contributed by atoms with E-state index in [-0.39, 0.29) is 0 Å². The van der Waals surface area contributed by atoms with Crippen molar-refractivity contribution in [2.75, 3.05) is 5.43 Å². The van der Waals surface area contributed by atoms with E-state index in [0.29, 0.717) is 0 Å². The maximum absolute atomic E-state index is 4.59. The molecule has 1 heterocycles. The number of aryl methyl sites for hydroxylation is 3. The average molecular weight is 271 g/mol. The summed E-state index contributed by atoms with van der Waals surface area (Å²) in [6.07, 6.45) is 6.69. The first kappa shape index (κ1) is 12.4. The maximum Gasteiger partial charge on any atom is 0.203 e. The Bertz CT molecular complexity index is 560. The molecule has 0 spiro atoms. The monoisotopic (exact) mass is 271 g/mol. The molecule has 1 aliphatic carbocycles. The van der Waals surface area contributed by atoms with E-state index in [4.69, 9.17) is 0 Å². The Balaban J connectivity index is 1.65. The number of hydrazone groups is 1. The molecule has 0 saturated heterocycles. The zero-order valence-corrected chi connectivity index (χ0v) is 11.8. The van der Waals surface area contributed by atoms with Gasteiger partial charge in [-0.3, -0.25) is 5.43 Å². The summed E-state index contributed by atoms with van der Waals surface area (Å²) in [6, 6.07) is 8.30. The van der Waals surface area contributed by atoms with Gasteiger partial charge in [-0.05, 0) is 38.2 Å². The SMILES string of the molecule is Cc1ccc(/C=N/Nc2nc3c(s2)CCCC3)cc1. The van der Waals surface area contributed by atoms with Crippen LogP contribution in [0.4, 0.5) is 5.13 Å². The van der Waals surface area contributed by atoms with Crippen molar-refractivity contribution in [3.63, 3.8) is 0 Å². The lowest BCUT2D eigenvalue weighted by Gasteiger charge is -2.06. The van der Waals surface area contributed by atoms with Crippen LogP contribution in [0.15, 0.2) is 29.4 Å². The molecule has 0 radical (unpaired) electrons. The molecule has 2 aromatic rings. The number of nitrogens with one attached hydrogen (secondary N) is 1. The second-order valence-corrected chi connectivity index (χ2v) is 5.96. The Morgan fingerprint density at radius 3 is 2.79 bits per heavy atom. The highest BCUT2D eigenvalue weighted by Crippen LogP contribution is 2.29. The van der Waals surface area contributed by atoms with E-state index >= 15 is 0 Å². The van der Waals surface area contributed by atoms with Crippen LogP contribution in [0.5, 0.6) is 0 Å². The van der Waals surface area contributed by atoms with Gasteiger partial charge in [0.1, 0.15) is 0 Å². The third-order valence-electron chi connectivity index (χ3n) is 3.30. The number of thiazole rings is 1. The van der Waals surface area contributed by atoms with Gasteiger partial charge in [0.25, 0.3) is 0 Å². The van der Waals surface area contributed by atoms with Crippen molar-refractivity contribution in [3.05, 3.63) is 46.0 Å². The van der Waals surface area contributed by atoms with Crippen molar-refractivity contribution in [3.8, 4) is 0 Å². The second-order valence-electron chi connectivity index (χ2n) is 4.88. The Hall–Kier alpha value is -1.68. The number of fused-ring (bicyclic) bond motifs is 1. The highest BCUT2D eigenvalue weighted by Gasteiger charge is 2.14. The minimum Gasteiger partial charge on any atom is -0.253 e. The van der Waals surface area contributed by atoms with Crippen molar-refractivity contribution in [1.29, 1.82) is 0 Å². The van der Waals surface area contributed by atoms with E-state index in [1.165, 1.54) is 35.4 Å². The van der Waals surface area contributed by atoms with Crippen molar-refractivity contribution >= 4 is 22.7 Å². The summed E-state index contributed by atoms with van der Waals surface area (Å²) in [7, 11) is 0. The minimum absolute atomic E-state index is 0.912. The maximum atomic E-state index is 4.59. The number of hydrogen-bond donors (Lipinski definition) is 1. The van der Waals surface area contributed by atoms with Crippen LogP contribution in [0.25, 0.3) is 0 Å². The first-order valence-corrected chi connectivity index (χ1v) is 7.47. The highest BCUT2D eigenvalue weighted by atomic mass is 32.1. The number of hydrogen-bond acceptors (Lipinski definition) is 4. The number of nitrogens with zero attached hydrogens (tertiary/aromatic N) is 2. The van der Waals surface area contributed by atoms with Gasteiger partial charge in [0.2, 0.25) is 5.13 Å². The van der Waals surface area contributed by atoms with Crippen LogP contribution in [-0.2, 0) is 12.8 Å². The summed E-state index contributed by atoms with van der Waals surface area (Å²) in [4.78, 5) is 6.02. The highest BCUT2D eigenvalue weighted by molar-refractivity contribution is 7.15. The molecule has 19 heavy (non-hydrogen) atoms. The van der Waals surface area contributed by atoms with Crippen LogP contribution < -0.4 is 5.43 Å². The molecular weight excluding hydrogens is 254 g/mol. The number of benzene rings is 1. The summed E-state index contributed by atoms with van der Waals surface area (Å²) in [5, 5.41) is 5.17. The largest absolute Gasteiger partial charge is 0.253 e. The zero-order chi connectivity index (χ0) is 13.1. The van der Waals surface area contributed by atoms with E-state index in [1.807, 2.05) is 6.21 Å². The van der Waals surface area contributed by atoms with Crippen LogP contribution in [-0.4, -0.2) is 11.2 Å². The van der Waals surface area contributed by atoms with Crippen LogP contribution in [0.3, 0.4) is 0 Å². The van der Waals surface area contributed by atoms with Gasteiger partial charge >= 0.3 is 0 Å². The van der Waals surface area contributed by atoms with Gasteiger partial charge in [-0.1, -0.05) is 29.8 Å². The molecule has 98 valence electrons. The Kier molecular flexibility index (Phi) is 3.60. The third kappa shape index (κ3) is 3.01. The van der Waals surface area contributed by atoms with E-state index in [1.54, 1.807) is 11.3 Å². The fourth-order valence-electron chi connectivity index (χ4n) is 2.21. The lowest BCUT2D eigenvalue weighted by atomic mass is 10.0.